The largest absolute Gasteiger partial charge is 0.493 e. The van der Waals surface area contributed by atoms with E-state index in [0.717, 1.165) is 42.2 Å². The van der Waals surface area contributed by atoms with Gasteiger partial charge in [0, 0.05) is 31.5 Å². The molecular weight excluding hydrogens is 420 g/mol. The molecule has 2 aromatic carbocycles. The highest BCUT2D eigenvalue weighted by Gasteiger charge is 2.27. The van der Waals surface area contributed by atoms with Crippen molar-refractivity contribution in [2.45, 2.75) is 25.2 Å². The predicted molar refractivity (Wildman–Crippen MR) is 129 cm³/mol. The Hall–Kier alpha value is -2.86. The van der Waals surface area contributed by atoms with Crippen molar-refractivity contribution in [3.05, 3.63) is 72.4 Å². The Morgan fingerprint density at radius 3 is 2.25 bits per heavy atom. The monoisotopic (exact) mass is 450 g/mol. The quantitative estimate of drug-likeness (QED) is 0.529. The van der Waals surface area contributed by atoms with E-state index in [1.54, 1.807) is 12.1 Å². The van der Waals surface area contributed by atoms with Crippen LogP contribution in [0, 0.1) is 18.8 Å². The van der Waals surface area contributed by atoms with E-state index in [2.05, 4.69) is 35.9 Å². The highest BCUT2D eigenvalue weighted by molar-refractivity contribution is 7.90. The zero-order valence-electron chi connectivity index (χ0n) is 18.9. The number of ether oxygens (including phenoxy) is 1. The molecular formula is C26H30N2O3S. The number of piperidine rings is 1. The highest BCUT2D eigenvalue weighted by Crippen LogP contribution is 2.28. The molecule has 2 atom stereocenters. The summed E-state index contributed by atoms with van der Waals surface area (Å²) in [5, 5.41) is 0. The van der Waals surface area contributed by atoms with Crippen molar-refractivity contribution in [2.24, 2.45) is 11.8 Å². The zero-order valence-corrected chi connectivity index (χ0v) is 19.7. The Bertz CT molecular complexity index is 1140. The van der Waals surface area contributed by atoms with Crippen LogP contribution < -0.4 is 9.64 Å². The summed E-state index contributed by atoms with van der Waals surface area (Å²) in [6, 6.07) is 19.2. The maximum atomic E-state index is 11.6. The van der Waals surface area contributed by atoms with Crippen LogP contribution >= 0.6 is 0 Å². The number of rotatable bonds is 6. The predicted octanol–water partition coefficient (Wildman–Crippen LogP) is 5.00. The van der Waals surface area contributed by atoms with Gasteiger partial charge in [0.15, 0.2) is 9.84 Å². The molecule has 32 heavy (non-hydrogen) atoms. The van der Waals surface area contributed by atoms with Gasteiger partial charge in [0.1, 0.15) is 11.6 Å². The molecule has 2 heterocycles. The molecule has 1 fully saturated rings. The molecule has 0 bridgehead atoms. The van der Waals surface area contributed by atoms with Gasteiger partial charge in [-0.05, 0) is 66.3 Å². The molecule has 1 saturated heterocycles. The summed E-state index contributed by atoms with van der Waals surface area (Å²) in [5.74, 6) is 2.93. The van der Waals surface area contributed by atoms with Gasteiger partial charge in [-0.15, -0.1) is 0 Å². The summed E-state index contributed by atoms with van der Waals surface area (Å²) >= 11 is 0. The standard InChI is InChI=1S/C26H30N2O3S/c1-19-4-13-26(27-16-19)28-15-14-20(2)23(17-28)18-31-24-9-5-21(6-10-24)22-7-11-25(12-8-22)32(3,29)30/h4-13,16,20,23H,14-15,17-18H2,1-3H3. The second-order valence-corrected chi connectivity index (χ2v) is 10.8. The molecule has 1 aromatic heterocycles. The van der Waals surface area contributed by atoms with Crippen LogP contribution in [0.5, 0.6) is 5.75 Å². The molecule has 1 aliphatic heterocycles. The molecule has 1 aliphatic rings. The van der Waals surface area contributed by atoms with Crippen LogP contribution in [0.3, 0.4) is 0 Å². The van der Waals surface area contributed by atoms with Crippen molar-refractivity contribution in [1.29, 1.82) is 0 Å². The van der Waals surface area contributed by atoms with E-state index >= 15 is 0 Å². The third-order valence-corrected chi connectivity index (χ3v) is 7.40. The summed E-state index contributed by atoms with van der Waals surface area (Å²) in [6.07, 6.45) is 4.28. The van der Waals surface area contributed by atoms with Crippen molar-refractivity contribution < 1.29 is 13.2 Å². The molecule has 0 N–H and O–H groups in total. The molecule has 0 radical (unpaired) electrons. The van der Waals surface area contributed by atoms with Crippen LogP contribution in [0.4, 0.5) is 5.82 Å². The lowest BCUT2D eigenvalue weighted by atomic mass is 9.87. The minimum absolute atomic E-state index is 0.331. The van der Waals surface area contributed by atoms with Crippen LogP contribution in [0.25, 0.3) is 11.1 Å². The smallest absolute Gasteiger partial charge is 0.175 e. The normalized spacial score (nSPS) is 19.0. The third-order valence-electron chi connectivity index (χ3n) is 6.27. The Kier molecular flexibility index (Phi) is 6.51. The van der Waals surface area contributed by atoms with Gasteiger partial charge in [0.05, 0.1) is 11.5 Å². The van der Waals surface area contributed by atoms with E-state index in [0.29, 0.717) is 23.3 Å². The fourth-order valence-corrected chi connectivity index (χ4v) is 4.69. The number of benzene rings is 2. The molecule has 6 heteroatoms. The Labute approximate surface area is 191 Å². The average Bonchev–Trinajstić information content (AvgIpc) is 2.79. The Morgan fingerprint density at radius 2 is 1.66 bits per heavy atom. The molecule has 3 aromatic rings. The number of pyridine rings is 1. The molecule has 0 amide bonds. The first-order chi connectivity index (χ1) is 15.3. The summed E-state index contributed by atoms with van der Waals surface area (Å²) in [4.78, 5) is 7.28. The summed E-state index contributed by atoms with van der Waals surface area (Å²) in [6.45, 7) is 7.01. The fraction of sp³-hybridized carbons (Fsp3) is 0.346. The van der Waals surface area contributed by atoms with Gasteiger partial charge < -0.3 is 9.64 Å². The SMILES string of the molecule is Cc1ccc(N2CCC(C)C(COc3ccc(-c4ccc(S(C)(=O)=O)cc4)cc3)C2)nc1. The molecule has 0 saturated carbocycles. The topological polar surface area (TPSA) is 59.5 Å². The third kappa shape index (κ3) is 5.30. The first-order valence-corrected chi connectivity index (χ1v) is 12.9. The second kappa shape index (κ2) is 9.33. The lowest BCUT2D eigenvalue weighted by molar-refractivity contribution is 0.182. The maximum absolute atomic E-state index is 11.6. The molecule has 0 spiro atoms. The number of sulfone groups is 1. The number of aryl methyl sites for hydroxylation is 1. The van der Waals surface area contributed by atoms with Gasteiger partial charge in [-0.25, -0.2) is 13.4 Å². The first kappa shape index (κ1) is 22.3. The van der Waals surface area contributed by atoms with Crippen LogP contribution in [-0.4, -0.2) is 39.4 Å². The van der Waals surface area contributed by atoms with Crippen molar-refractivity contribution in [2.75, 3.05) is 30.9 Å². The summed E-state index contributed by atoms with van der Waals surface area (Å²) in [5.41, 5.74) is 3.18. The number of nitrogens with zero attached hydrogens (tertiary/aromatic N) is 2. The summed E-state index contributed by atoms with van der Waals surface area (Å²) in [7, 11) is -3.18. The second-order valence-electron chi connectivity index (χ2n) is 8.80. The van der Waals surface area contributed by atoms with Crippen molar-refractivity contribution in [3.63, 3.8) is 0 Å². The van der Waals surface area contributed by atoms with Crippen molar-refractivity contribution >= 4 is 15.7 Å². The Morgan fingerprint density at radius 1 is 1.00 bits per heavy atom. The van der Waals surface area contributed by atoms with E-state index in [4.69, 9.17) is 4.74 Å². The minimum atomic E-state index is -3.18. The number of anilines is 1. The van der Waals surface area contributed by atoms with Gasteiger partial charge in [0.25, 0.3) is 0 Å². The molecule has 5 nitrogen and oxygen atoms in total. The van der Waals surface area contributed by atoms with Crippen LogP contribution in [0.1, 0.15) is 18.9 Å². The van der Waals surface area contributed by atoms with E-state index < -0.39 is 9.84 Å². The highest BCUT2D eigenvalue weighted by atomic mass is 32.2. The minimum Gasteiger partial charge on any atom is -0.493 e. The lowest BCUT2D eigenvalue weighted by Crippen LogP contribution is -2.42. The molecule has 0 aliphatic carbocycles. The van der Waals surface area contributed by atoms with Gasteiger partial charge in [-0.1, -0.05) is 37.3 Å². The van der Waals surface area contributed by atoms with E-state index in [1.807, 2.05) is 42.6 Å². The number of hydrogen-bond acceptors (Lipinski definition) is 5. The lowest BCUT2D eigenvalue weighted by Gasteiger charge is -2.37. The summed E-state index contributed by atoms with van der Waals surface area (Å²) < 4.78 is 29.4. The molecule has 168 valence electrons. The van der Waals surface area contributed by atoms with E-state index in [-0.39, 0.29) is 0 Å². The molecule has 2 unspecified atom stereocenters. The van der Waals surface area contributed by atoms with Gasteiger partial charge >= 0.3 is 0 Å². The van der Waals surface area contributed by atoms with Crippen molar-refractivity contribution in [3.8, 4) is 16.9 Å². The first-order valence-electron chi connectivity index (χ1n) is 11.0. The molecule has 4 rings (SSSR count). The van der Waals surface area contributed by atoms with E-state index in [1.165, 1.54) is 11.8 Å². The van der Waals surface area contributed by atoms with Gasteiger partial charge in [0.2, 0.25) is 0 Å². The van der Waals surface area contributed by atoms with Crippen LogP contribution in [0.15, 0.2) is 71.8 Å². The number of hydrogen-bond donors (Lipinski definition) is 0. The Balaban J connectivity index is 1.37. The van der Waals surface area contributed by atoms with Crippen LogP contribution in [-0.2, 0) is 9.84 Å². The van der Waals surface area contributed by atoms with Gasteiger partial charge in [-0.2, -0.15) is 0 Å². The zero-order chi connectivity index (χ0) is 22.7. The number of aromatic nitrogens is 1. The van der Waals surface area contributed by atoms with Crippen molar-refractivity contribution in [1.82, 2.24) is 4.98 Å². The van der Waals surface area contributed by atoms with Crippen LogP contribution in [0.2, 0.25) is 0 Å². The van der Waals surface area contributed by atoms with Gasteiger partial charge in [-0.3, -0.25) is 0 Å². The average molecular weight is 451 g/mol. The maximum Gasteiger partial charge on any atom is 0.175 e. The van der Waals surface area contributed by atoms with E-state index in [9.17, 15) is 8.42 Å². The fourth-order valence-electron chi connectivity index (χ4n) is 4.06.